The molecule has 0 saturated carbocycles. The Balaban J connectivity index is 3.03. The van der Waals surface area contributed by atoms with E-state index in [1.54, 1.807) is 12.1 Å². The van der Waals surface area contributed by atoms with Gasteiger partial charge in [0.15, 0.2) is 9.84 Å². The van der Waals surface area contributed by atoms with Crippen LogP contribution in [0.4, 0.5) is 11.4 Å². The van der Waals surface area contributed by atoms with Gasteiger partial charge in [-0.15, -0.1) is 6.58 Å². The van der Waals surface area contributed by atoms with Crippen LogP contribution < -0.4 is 11.1 Å². The van der Waals surface area contributed by atoms with E-state index < -0.39 is 9.84 Å². The molecule has 1 aromatic carbocycles. The van der Waals surface area contributed by atoms with Gasteiger partial charge in [0.25, 0.3) is 0 Å². The molecule has 15 heavy (non-hydrogen) atoms. The maximum absolute atomic E-state index is 11.2. The summed E-state index contributed by atoms with van der Waals surface area (Å²) in [5, 5.41) is 3.00. The first-order valence-corrected chi connectivity index (χ1v) is 6.28. The van der Waals surface area contributed by atoms with E-state index in [9.17, 15) is 8.42 Å². The quantitative estimate of drug-likeness (QED) is 0.599. The molecule has 0 amide bonds. The lowest BCUT2D eigenvalue weighted by Crippen LogP contribution is -2.04. The molecule has 5 heteroatoms. The molecular weight excluding hydrogens is 212 g/mol. The maximum atomic E-state index is 11.2. The van der Waals surface area contributed by atoms with Crippen molar-refractivity contribution >= 4 is 21.2 Å². The van der Waals surface area contributed by atoms with Crippen molar-refractivity contribution in [3.63, 3.8) is 0 Å². The molecule has 0 radical (unpaired) electrons. The second-order valence-corrected chi connectivity index (χ2v) is 5.21. The van der Waals surface area contributed by atoms with E-state index in [0.29, 0.717) is 17.9 Å². The van der Waals surface area contributed by atoms with Crippen molar-refractivity contribution in [3.8, 4) is 0 Å². The minimum absolute atomic E-state index is 0.226. The van der Waals surface area contributed by atoms with Crippen LogP contribution in [0.25, 0.3) is 0 Å². The fourth-order valence-corrected chi connectivity index (χ4v) is 1.77. The molecule has 4 nitrogen and oxygen atoms in total. The van der Waals surface area contributed by atoms with Crippen molar-refractivity contribution in [1.82, 2.24) is 0 Å². The van der Waals surface area contributed by atoms with E-state index in [1.807, 2.05) is 0 Å². The molecule has 1 rings (SSSR count). The van der Waals surface area contributed by atoms with Gasteiger partial charge in [-0.25, -0.2) is 8.42 Å². The van der Waals surface area contributed by atoms with Gasteiger partial charge in [0.05, 0.1) is 16.3 Å². The zero-order valence-electron chi connectivity index (χ0n) is 8.53. The summed E-state index contributed by atoms with van der Waals surface area (Å²) < 4.78 is 22.4. The monoisotopic (exact) mass is 226 g/mol. The molecule has 0 aromatic heterocycles. The number of nitrogen functional groups attached to an aromatic ring is 1. The van der Waals surface area contributed by atoms with E-state index in [4.69, 9.17) is 5.73 Å². The molecule has 0 saturated heterocycles. The molecule has 1 aromatic rings. The number of sulfone groups is 1. The van der Waals surface area contributed by atoms with Crippen LogP contribution in [0.3, 0.4) is 0 Å². The molecule has 3 N–H and O–H groups in total. The number of hydrogen-bond acceptors (Lipinski definition) is 4. The number of benzene rings is 1. The first-order valence-electron chi connectivity index (χ1n) is 4.39. The molecule has 0 spiro atoms. The van der Waals surface area contributed by atoms with Crippen LogP contribution in [-0.2, 0) is 9.84 Å². The zero-order valence-corrected chi connectivity index (χ0v) is 9.34. The third-order valence-corrected chi connectivity index (χ3v) is 3.00. The highest BCUT2D eigenvalue weighted by atomic mass is 32.2. The third-order valence-electron chi connectivity index (χ3n) is 1.89. The number of hydrogen-bond donors (Lipinski definition) is 2. The van der Waals surface area contributed by atoms with E-state index in [2.05, 4.69) is 11.9 Å². The van der Waals surface area contributed by atoms with Crippen LogP contribution in [0.5, 0.6) is 0 Å². The van der Waals surface area contributed by atoms with Gasteiger partial charge in [-0.3, -0.25) is 0 Å². The van der Waals surface area contributed by atoms with Crippen LogP contribution >= 0.6 is 0 Å². The summed E-state index contributed by atoms with van der Waals surface area (Å²) in [4.78, 5) is 0.226. The zero-order chi connectivity index (χ0) is 11.5. The second-order valence-electron chi connectivity index (χ2n) is 3.19. The Kier molecular flexibility index (Phi) is 3.36. The molecule has 0 aliphatic heterocycles. The van der Waals surface area contributed by atoms with Crippen LogP contribution in [0.1, 0.15) is 0 Å². The average molecular weight is 226 g/mol. The summed E-state index contributed by atoms with van der Waals surface area (Å²) >= 11 is 0. The minimum Gasteiger partial charge on any atom is -0.397 e. The number of nitrogens with two attached hydrogens (primary N) is 1. The minimum atomic E-state index is -3.19. The van der Waals surface area contributed by atoms with Crippen molar-refractivity contribution in [2.75, 3.05) is 23.9 Å². The summed E-state index contributed by atoms with van der Waals surface area (Å²) in [5.41, 5.74) is 6.82. The fourth-order valence-electron chi connectivity index (χ4n) is 1.11. The van der Waals surface area contributed by atoms with E-state index in [0.717, 1.165) is 6.26 Å². The highest BCUT2D eigenvalue weighted by Crippen LogP contribution is 2.22. The molecule has 0 aliphatic rings. The Morgan fingerprint density at radius 3 is 2.67 bits per heavy atom. The number of nitrogens with one attached hydrogen (secondary N) is 1. The summed E-state index contributed by atoms with van der Waals surface area (Å²) in [6, 6.07) is 4.62. The molecule has 0 aliphatic carbocycles. The van der Waals surface area contributed by atoms with Crippen molar-refractivity contribution in [2.45, 2.75) is 4.90 Å². The summed E-state index contributed by atoms with van der Waals surface area (Å²) in [5.74, 6) is 0. The molecule has 0 unspecified atom stereocenters. The predicted octanol–water partition coefficient (Wildman–Crippen LogP) is 1.27. The Hall–Kier alpha value is -1.49. The number of rotatable bonds is 4. The summed E-state index contributed by atoms with van der Waals surface area (Å²) in [6.07, 6.45) is 2.85. The lowest BCUT2D eigenvalue weighted by Gasteiger charge is -2.08. The largest absolute Gasteiger partial charge is 0.397 e. The van der Waals surface area contributed by atoms with Crippen molar-refractivity contribution in [1.29, 1.82) is 0 Å². The van der Waals surface area contributed by atoms with Crippen molar-refractivity contribution in [2.24, 2.45) is 0 Å². The van der Waals surface area contributed by atoms with Gasteiger partial charge in [0.2, 0.25) is 0 Å². The second kappa shape index (κ2) is 4.35. The van der Waals surface area contributed by atoms with Gasteiger partial charge in [0.1, 0.15) is 0 Å². The SMILES string of the molecule is C=CCNc1ccc(S(C)(=O)=O)cc1N. The average Bonchev–Trinajstić information content (AvgIpc) is 2.14. The Bertz CT molecular complexity index is 466. The molecule has 0 fully saturated rings. The van der Waals surface area contributed by atoms with Crippen molar-refractivity contribution < 1.29 is 8.42 Å². The van der Waals surface area contributed by atoms with Gasteiger partial charge in [0, 0.05) is 12.8 Å². The van der Waals surface area contributed by atoms with Crippen molar-refractivity contribution in [3.05, 3.63) is 30.9 Å². The van der Waals surface area contributed by atoms with Gasteiger partial charge < -0.3 is 11.1 Å². The molecule has 0 bridgehead atoms. The molecule has 0 heterocycles. The summed E-state index contributed by atoms with van der Waals surface area (Å²) in [7, 11) is -3.19. The smallest absolute Gasteiger partial charge is 0.175 e. The van der Waals surface area contributed by atoms with Gasteiger partial charge >= 0.3 is 0 Å². The standard InChI is InChI=1S/C10H14N2O2S/c1-3-6-12-10-5-4-8(7-9(10)11)15(2,13)14/h3-5,7,12H,1,6,11H2,2H3. The Morgan fingerprint density at radius 2 is 2.20 bits per heavy atom. The predicted molar refractivity (Wildman–Crippen MR) is 62.7 cm³/mol. The highest BCUT2D eigenvalue weighted by molar-refractivity contribution is 7.90. The van der Waals surface area contributed by atoms with Gasteiger partial charge in [-0.2, -0.15) is 0 Å². The normalized spacial score (nSPS) is 11.0. The first-order chi connectivity index (χ1) is 6.95. The molecule has 0 atom stereocenters. The lowest BCUT2D eigenvalue weighted by molar-refractivity contribution is 0.602. The van der Waals surface area contributed by atoms with E-state index in [1.165, 1.54) is 12.1 Å². The number of anilines is 2. The molecular formula is C10H14N2O2S. The fraction of sp³-hybridized carbons (Fsp3) is 0.200. The first kappa shape index (κ1) is 11.6. The summed E-state index contributed by atoms with van der Waals surface area (Å²) in [6.45, 7) is 4.15. The van der Waals surface area contributed by atoms with E-state index in [-0.39, 0.29) is 4.90 Å². The van der Waals surface area contributed by atoms with Gasteiger partial charge in [-0.1, -0.05) is 6.08 Å². The Labute approximate surface area is 89.7 Å². The molecule has 82 valence electrons. The topological polar surface area (TPSA) is 72.2 Å². The Morgan fingerprint density at radius 1 is 1.53 bits per heavy atom. The van der Waals surface area contributed by atoms with Crippen LogP contribution in [0.2, 0.25) is 0 Å². The van der Waals surface area contributed by atoms with Crippen LogP contribution in [0.15, 0.2) is 35.7 Å². The van der Waals surface area contributed by atoms with Gasteiger partial charge in [-0.05, 0) is 18.2 Å². The third kappa shape index (κ3) is 2.99. The van der Waals surface area contributed by atoms with Crippen LogP contribution in [-0.4, -0.2) is 21.2 Å². The lowest BCUT2D eigenvalue weighted by atomic mass is 10.2. The van der Waals surface area contributed by atoms with E-state index >= 15 is 0 Å². The highest BCUT2D eigenvalue weighted by Gasteiger charge is 2.08. The van der Waals surface area contributed by atoms with Crippen LogP contribution in [0, 0.1) is 0 Å². The maximum Gasteiger partial charge on any atom is 0.175 e.